The van der Waals surface area contributed by atoms with Gasteiger partial charge in [0, 0.05) is 25.1 Å². The molecule has 14 rings (SSSR count). The number of hydrogen-bond acceptors (Lipinski definition) is 0. The summed E-state index contributed by atoms with van der Waals surface area (Å²) >= 11 is 29.1. The monoisotopic (exact) mass is 1220 g/mol. The van der Waals surface area contributed by atoms with Crippen molar-refractivity contribution in [3.63, 3.8) is 0 Å². The minimum atomic E-state index is 0. The summed E-state index contributed by atoms with van der Waals surface area (Å²) in [5.41, 5.74) is 15.5. The van der Waals surface area contributed by atoms with E-state index in [9.17, 15) is 0 Å². The van der Waals surface area contributed by atoms with E-state index in [2.05, 4.69) is 156 Å². The van der Waals surface area contributed by atoms with E-state index in [4.69, 9.17) is 58.0 Å². The lowest BCUT2D eigenvalue weighted by molar-refractivity contribution is -0.0411. The number of halogens is 5. The molecule has 8 saturated carbocycles. The van der Waals surface area contributed by atoms with Crippen LogP contribution in [0.15, 0.2) is 133 Å². The lowest BCUT2D eigenvalue weighted by Gasteiger charge is -2.55. The smallest absolute Gasteiger partial charge is 0.0406 e. The van der Waals surface area contributed by atoms with Crippen LogP contribution in [0.2, 0.25) is 25.1 Å². The number of rotatable bonds is 4. The summed E-state index contributed by atoms with van der Waals surface area (Å²) in [7, 11) is 0. The first-order valence-corrected chi connectivity index (χ1v) is 33.4. The molecule has 0 atom stereocenters. The molecule has 4 bridgehead atoms. The van der Waals surface area contributed by atoms with E-state index in [0.717, 1.165) is 48.3 Å². The summed E-state index contributed by atoms with van der Waals surface area (Å²) in [5, 5.41) is 4.15. The van der Waals surface area contributed by atoms with Gasteiger partial charge in [0.15, 0.2) is 0 Å². The zero-order valence-corrected chi connectivity index (χ0v) is 56.2. The van der Waals surface area contributed by atoms with Crippen molar-refractivity contribution in [3.8, 4) is 0 Å². The second-order valence-corrected chi connectivity index (χ2v) is 31.1. The highest BCUT2D eigenvalue weighted by Crippen LogP contribution is 2.59. The largest absolute Gasteiger partial charge is 0.0843 e. The molecule has 0 unspecified atom stereocenters. The van der Waals surface area contributed by atoms with Crippen LogP contribution in [-0.4, -0.2) is 0 Å². The Morgan fingerprint density at radius 3 is 0.843 bits per heavy atom. The average Bonchev–Trinajstić information content (AvgIpc) is 4.12. The van der Waals surface area contributed by atoms with Crippen LogP contribution in [-0.2, 0) is 27.1 Å². The second kappa shape index (κ2) is 30.1. The summed E-state index contributed by atoms with van der Waals surface area (Å²) < 4.78 is 0. The lowest BCUT2D eigenvalue weighted by atomic mass is 9.50. The molecule has 8 fully saturated rings. The van der Waals surface area contributed by atoms with E-state index in [-0.39, 0.29) is 12.8 Å². The van der Waals surface area contributed by atoms with Gasteiger partial charge < -0.3 is 0 Å². The predicted molar refractivity (Wildman–Crippen MR) is 368 cm³/mol. The quantitative estimate of drug-likeness (QED) is 0.165. The van der Waals surface area contributed by atoms with E-state index < -0.39 is 0 Å². The second-order valence-electron chi connectivity index (χ2n) is 28.9. The maximum Gasteiger partial charge on any atom is 0.0406 e. The van der Waals surface area contributed by atoms with Crippen LogP contribution in [0.3, 0.4) is 0 Å². The van der Waals surface area contributed by atoms with Crippen LogP contribution in [0.4, 0.5) is 0 Å². The molecule has 0 spiro atoms. The maximum atomic E-state index is 5.90. The van der Waals surface area contributed by atoms with Crippen LogP contribution >= 0.6 is 58.0 Å². The van der Waals surface area contributed by atoms with Crippen molar-refractivity contribution in [1.29, 1.82) is 0 Å². The standard InChI is InChI=1S/C13H17Cl.C12H15Cl.C11H13Cl.C11H18.C10H11Cl.C10H13Cl.C10H14.CH4/c1-13(9-3-2-4-10-13)11-5-7-12(14)8-6-11;1-12(8-2-3-9-12)10-4-6-11(13)7-5-10;1-11(7-2-8-11)9-3-5-10(12)6-4-9;1-11-5-8-2-9(6-11)4-10(3-8)7-11;1-10(6-7-10)8-2-4-9(11)5-3-8;1-10(2,3)8-4-6-9(11)7-5-8;1-7-5-8(2)10(4)9(3)6-7;/h5-8H,2-4,9-10H2,1H3;4-7H,2-3,8-9H2,1H3;3-6H,2,7-8H2,1H3;8-10H,2-7H2,1H3;2-5H,6-7H2,1H3;4-7H,1-3H3;5-6H,1-4H3;1H4. The van der Waals surface area contributed by atoms with Crippen molar-refractivity contribution in [1.82, 2.24) is 0 Å². The zero-order chi connectivity index (χ0) is 59.5. The molecule has 6 aromatic rings. The van der Waals surface area contributed by atoms with Gasteiger partial charge in [-0.25, -0.2) is 0 Å². The van der Waals surface area contributed by atoms with Crippen LogP contribution in [0.1, 0.15) is 241 Å². The first kappa shape index (κ1) is 68.9. The van der Waals surface area contributed by atoms with Gasteiger partial charge in [0.2, 0.25) is 0 Å². The summed E-state index contributed by atoms with van der Waals surface area (Å²) in [6.07, 6.45) is 28.4. The Balaban J connectivity index is 0.000000156. The molecule has 452 valence electrons. The summed E-state index contributed by atoms with van der Waals surface area (Å²) in [6.45, 7) is 27.1. The molecular formula is C78H105Cl5. The molecule has 8 aliphatic rings. The number of aryl methyl sites for hydroxylation is 3. The third-order valence-corrected chi connectivity index (χ3v) is 21.7. The molecule has 83 heavy (non-hydrogen) atoms. The Bertz CT molecular complexity index is 2780. The van der Waals surface area contributed by atoms with Crippen LogP contribution < -0.4 is 0 Å². The lowest BCUT2D eigenvalue weighted by Crippen LogP contribution is -2.44. The Labute approximate surface area is 532 Å². The van der Waals surface area contributed by atoms with Gasteiger partial charge >= 0.3 is 0 Å². The van der Waals surface area contributed by atoms with E-state index in [1.807, 2.05) is 60.7 Å². The Hall–Kier alpha value is -3.23. The van der Waals surface area contributed by atoms with Crippen molar-refractivity contribution >= 4 is 58.0 Å². The molecular weight excluding hydrogens is 1110 g/mol. The molecule has 6 aromatic carbocycles. The summed E-state index contributed by atoms with van der Waals surface area (Å²) in [5.74, 6) is 3.43. The van der Waals surface area contributed by atoms with Gasteiger partial charge in [-0.05, 0) is 273 Å². The fourth-order valence-corrected chi connectivity index (χ4v) is 15.3. The summed E-state index contributed by atoms with van der Waals surface area (Å²) in [4.78, 5) is 0. The van der Waals surface area contributed by atoms with Crippen molar-refractivity contribution < 1.29 is 0 Å². The number of benzene rings is 6. The first-order chi connectivity index (χ1) is 38.7. The topological polar surface area (TPSA) is 0 Å². The predicted octanol–water partition coefficient (Wildman–Crippen LogP) is 26.3. The molecule has 8 aliphatic carbocycles. The van der Waals surface area contributed by atoms with Crippen LogP contribution in [0.25, 0.3) is 0 Å². The zero-order valence-electron chi connectivity index (χ0n) is 52.5. The van der Waals surface area contributed by atoms with E-state index >= 15 is 0 Å². The molecule has 5 heteroatoms. The minimum Gasteiger partial charge on any atom is -0.0843 e. The average molecular weight is 1220 g/mol. The highest BCUT2D eigenvalue weighted by atomic mass is 35.5. The molecule has 0 amide bonds. The number of hydrogen-bond donors (Lipinski definition) is 0. The van der Waals surface area contributed by atoms with Gasteiger partial charge in [-0.15, -0.1) is 0 Å². The molecule has 0 heterocycles. The van der Waals surface area contributed by atoms with E-state index in [1.165, 1.54) is 140 Å². The third-order valence-electron chi connectivity index (χ3n) is 20.4. The normalized spacial score (nSPS) is 23.0. The minimum absolute atomic E-state index is 0. The van der Waals surface area contributed by atoms with E-state index in [0.29, 0.717) is 21.7 Å². The first-order valence-electron chi connectivity index (χ1n) is 31.5. The highest BCUT2D eigenvalue weighted by Gasteiger charge is 2.48. The van der Waals surface area contributed by atoms with Crippen molar-refractivity contribution in [2.45, 2.75) is 246 Å². The van der Waals surface area contributed by atoms with Gasteiger partial charge in [-0.1, -0.05) is 238 Å². The molecule has 0 saturated heterocycles. The molecule has 0 aromatic heterocycles. The Morgan fingerprint density at radius 1 is 0.349 bits per heavy atom. The van der Waals surface area contributed by atoms with Gasteiger partial charge in [0.1, 0.15) is 0 Å². The van der Waals surface area contributed by atoms with Crippen LogP contribution in [0.5, 0.6) is 0 Å². The van der Waals surface area contributed by atoms with Gasteiger partial charge in [0.25, 0.3) is 0 Å². The van der Waals surface area contributed by atoms with Crippen molar-refractivity contribution in [2.24, 2.45) is 23.2 Å². The Kier molecular flexibility index (Phi) is 25.0. The fourth-order valence-electron chi connectivity index (χ4n) is 14.7. The van der Waals surface area contributed by atoms with Crippen LogP contribution in [0, 0.1) is 50.9 Å². The fraction of sp³-hybridized carbons (Fsp3) is 0.538. The molecule has 0 nitrogen and oxygen atoms in total. The summed E-state index contributed by atoms with van der Waals surface area (Å²) in [6, 6.07) is 45.7. The highest BCUT2D eigenvalue weighted by molar-refractivity contribution is 6.31. The molecule has 0 aliphatic heterocycles. The SMILES string of the molecule is C.CC(C)(C)c1ccc(Cl)cc1.CC1(c2ccc(Cl)cc2)CC1.CC1(c2ccc(Cl)cc2)CCC1.CC1(c2ccc(Cl)cc2)CCCC1.CC1(c2ccc(Cl)cc2)CCCCC1.CC12CC3CC(CC(C3)C1)C2.Cc1cc(C)c(C)c(C)c1. The van der Waals surface area contributed by atoms with Gasteiger partial charge in [-0.3, -0.25) is 0 Å². The van der Waals surface area contributed by atoms with Crippen molar-refractivity contribution in [3.05, 3.63) is 209 Å². The van der Waals surface area contributed by atoms with E-state index in [1.54, 1.807) is 38.5 Å². The molecule has 0 radical (unpaired) electrons. The van der Waals surface area contributed by atoms with Gasteiger partial charge in [-0.2, -0.15) is 0 Å². The van der Waals surface area contributed by atoms with Crippen molar-refractivity contribution in [2.75, 3.05) is 0 Å². The van der Waals surface area contributed by atoms with Gasteiger partial charge in [0.05, 0.1) is 0 Å². The molecule has 0 N–H and O–H groups in total. The third kappa shape index (κ3) is 20.2. The maximum absolute atomic E-state index is 5.90. The Morgan fingerprint density at radius 2 is 0.602 bits per heavy atom.